The Kier molecular flexibility index (Phi) is 3.06. The molecule has 1 aromatic heterocycles. The molecule has 0 radical (unpaired) electrons. The van der Waals surface area contributed by atoms with Gasteiger partial charge in [0, 0.05) is 0 Å². The highest BCUT2D eigenvalue weighted by Crippen LogP contribution is 2.32. The topological polar surface area (TPSA) is 50.7 Å². The van der Waals surface area contributed by atoms with E-state index in [2.05, 4.69) is 38.5 Å². The molecule has 1 aliphatic carbocycles. The van der Waals surface area contributed by atoms with Gasteiger partial charge in [-0.25, -0.2) is 0 Å². The number of hydrogen-bond acceptors (Lipinski definition) is 4. The summed E-state index contributed by atoms with van der Waals surface area (Å²) >= 11 is 11.5. The number of rotatable bonds is 2. The Bertz CT molecular complexity index is 568. The van der Waals surface area contributed by atoms with Crippen LogP contribution in [0.4, 0.5) is 5.95 Å². The Morgan fingerprint density at radius 2 is 1.78 bits per heavy atom. The number of nitrogens with one attached hydrogen (secondary N) is 1. The Morgan fingerprint density at radius 3 is 2.56 bits per heavy atom. The maximum absolute atomic E-state index is 5.75. The normalized spacial score (nSPS) is 17.6. The Morgan fingerprint density at radius 1 is 1.06 bits per heavy atom. The Labute approximate surface area is 114 Å². The lowest BCUT2D eigenvalue weighted by Crippen LogP contribution is -2.10. The largest absolute Gasteiger partial charge is 0.347 e. The van der Waals surface area contributed by atoms with Crippen molar-refractivity contribution in [2.45, 2.75) is 18.9 Å². The summed E-state index contributed by atoms with van der Waals surface area (Å²) in [6.07, 6.45) is 2.07. The minimum atomic E-state index is 0.101. The van der Waals surface area contributed by atoms with Crippen LogP contribution in [-0.4, -0.2) is 15.0 Å². The van der Waals surface area contributed by atoms with Crippen molar-refractivity contribution in [1.29, 1.82) is 0 Å². The molecule has 1 atom stereocenters. The highest BCUT2D eigenvalue weighted by atomic mass is 35.5. The van der Waals surface area contributed by atoms with E-state index in [-0.39, 0.29) is 16.6 Å². The third kappa shape index (κ3) is 2.26. The van der Waals surface area contributed by atoms with Crippen molar-refractivity contribution in [3.05, 3.63) is 46.0 Å². The molecule has 0 spiro atoms. The van der Waals surface area contributed by atoms with Gasteiger partial charge in [0.15, 0.2) is 0 Å². The molecule has 6 heteroatoms. The molecule has 1 N–H and O–H groups in total. The average molecular weight is 281 g/mol. The number of hydrogen-bond donors (Lipinski definition) is 1. The fourth-order valence-electron chi connectivity index (χ4n) is 2.25. The number of aromatic nitrogens is 3. The predicted octanol–water partition coefficient (Wildman–Crippen LogP) is 3.28. The van der Waals surface area contributed by atoms with Crippen LogP contribution in [0.1, 0.15) is 23.6 Å². The van der Waals surface area contributed by atoms with Crippen LogP contribution in [0.15, 0.2) is 24.3 Å². The third-order valence-electron chi connectivity index (χ3n) is 3.02. The zero-order valence-electron chi connectivity index (χ0n) is 9.40. The SMILES string of the molecule is Clc1nc(Cl)nc(N[C@H]2CCc3ccccc32)n1. The van der Waals surface area contributed by atoms with Gasteiger partial charge in [-0.05, 0) is 47.2 Å². The summed E-state index contributed by atoms with van der Waals surface area (Å²) in [5.41, 5.74) is 2.64. The smallest absolute Gasteiger partial charge is 0.228 e. The van der Waals surface area contributed by atoms with Gasteiger partial charge in [0.25, 0.3) is 0 Å². The molecule has 3 rings (SSSR count). The highest BCUT2D eigenvalue weighted by Gasteiger charge is 2.22. The quantitative estimate of drug-likeness (QED) is 0.917. The van der Waals surface area contributed by atoms with Crippen LogP contribution in [0.2, 0.25) is 10.6 Å². The van der Waals surface area contributed by atoms with E-state index < -0.39 is 0 Å². The molecule has 2 aromatic rings. The van der Waals surface area contributed by atoms with Crippen molar-refractivity contribution in [1.82, 2.24) is 15.0 Å². The summed E-state index contributed by atoms with van der Waals surface area (Å²) in [6, 6.07) is 8.55. The molecule has 92 valence electrons. The van der Waals surface area contributed by atoms with Crippen molar-refractivity contribution in [3.8, 4) is 0 Å². The minimum absolute atomic E-state index is 0.101. The molecular formula is C12H10Cl2N4. The second-order valence-corrected chi connectivity index (χ2v) is 4.81. The van der Waals surface area contributed by atoms with Crippen molar-refractivity contribution in [3.63, 3.8) is 0 Å². The molecule has 1 aliphatic rings. The zero-order chi connectivity index (χ0) is 12.5. The molecule has 0 aliphatic heterocycles. The number of aryl methyl sites for hydroxylation is 1. The van der Waals surface area contributed by atoms with Gasteiger partial charge in [-0.3, -0.25) is 0 Å². The molecule has 1 heterocycles. The molecule has 18 heavy (non-hydrogen) atoms. The fourth-order valence-corrected chi connectivity index (χ4v) is 2.62. The summed E-state index contributed by atoms with van der Waals surface area (Å²) in [5, 5.41) is 3.45. The van der Waals surface area contributed by atoms with Crippen LogP contribution < -0.4 is 5.32 Å². The number of benzene rings is 1. The summed E-state index contributed by atoms with van der Waals surface area (Å²) in [5.74, 6) is 0.418. The van der Waals surface area contributed by atoms with Gasteiger partial charge in [0.2, 0.25) is 16.5 Å². The van der Waals surface area contributed by atoms with Crippen LogP contribution in [0.5, 0.6) is 0 Å². The first kappa shape index (κ1) is 11.7. The standard InChI is InChI=1S/C12H10Cl2N4/c13-10-16-11(14)18-12(17-10)15-9-6-5-7-3-1-2-4-8(7)9/h1-4,9H,5-6H2,(H,15,16,17,18)/t9-/m0/s1. The molecule has 0 amide bonds. The first-order valence-electron chi connectivity index (χ1n) is 5.64. The molecule has 0 unspecified atom stereocenters. The average Bonchev–Trinajstić information content (AvgIpc) is 2.72. The fraction of sp³-hybridized carbons (Fsp3) is 0.250. The van der Waals surface area contributed by atoms with Gasteiger partial charge in [0.05, 0.1) is 6.04 Å². The first-order chi connectivity index (χ1) is 8.72. The minimum Gasteiger partial charge on any atom is -0.347 e. The molecular weight excluding hydrogens is 271 g/mol. The number of fused-ring (bicyclic) bond motifs is 1. The van der Waals surface area contributed by atoms with Crippen LogP contribution in [0.25, 0.3) is 0 Å². The van der Waals surface area contributed by atoms with Crippen molar-refractivity contribution in [2.24, 2.45) is 0 Å². The Hall–Kier alpha value is -1.39. The van der Waals surface area contributed by atoms with E-state index in [4.69, 9.17) is 23.2 Å². The van der Waals surface area contributed by atoms with Crippen LogP contribution in [-0.2, 0) is 6.42 Å². The van der Waals surface area contributed by atoms with Crippen molar-refractivity contribution in [2.75, 3.05) is 5.32 Å². The second-order valence-electron chi connectivity index (χ2n) is 4.13. The lowest BCUT2D eigenvalue weighted by molar-refractivity contribution is 0.749. The maximum Gasteiger partial charge on any atom is 0.228 e. The van der Waals surface area contributed by atoms with Crippen molar-refractivity contribution < 1.29 is 0 Å². The van der Waals surface area contributed by atoms with Gasteiger partial charge in [-0.15, -0.1) is 0 Å². The van der Waals surface area contributed by atoms with Crippen LogP contribution >= 0.6 is 23.2 Å². The van der Waals surface area contributed by atoms with Crippen LogP contribution in [0.3, 0.4) is 0 Å². The lowest BCUT2D eigenvalue weighted by Gasteiger charge is -2.13. The molecule has 4 nitrogen and oxygen atoms in total. The number of nitrogens with zero attached hydrogens (tertiary/aromatic N) is 3. The first-order valence-corrected chi connectivity index (χ1v) is 6.39. The van der Waals surface area contributed by atoms with Crippen molar-refractivity contribution >= 4 is 29.2 Å². The van der Waals surface area contributed by atoms with Gasteiger partial charge >= 0.3 is 0 Å². The highest BCUT2D eigenvalue weighted by molar-refractivity contribution is 6.31. The van der Waals surface area contributed by atoms with Crippen LogP contribution in [0, 0.1) is 0 Å². The van der Waals surface area contributed by atoms with E-state index in [0.29, 0.717) is 5.95 Å². The lowest BCUT2D eigenvalue weighted by atomic mass is 10.1. The third-order valence-corrected chi connectivity index (χ3v) is 3.36. The zero-order valence-corrected chi connectivity index (χ0v) is 10.9. The molecule has 0 bridgehead atoms. The molecule has 0 saturated heterocycles. The summed E-state index contributed by atoms with van der Waals surface area (Å²) < 4.78 is 0. The Balaban J connectivity index is 1.86. The number of anilines is 1. The summed E-state index contributed by atoms with van der Waals surface area (Å²) in [7, 11) is 0. The predicted molar refractivity (Wildman–Crippen MR) is 71.0 cm³/mol. The van der Waals surface area contributed by atoms with E-state index in [1.165, 1.54) is 11.1 Å². The maximum atomic E-state index is 5.75. The summed E-state index contributed by atoms with van der Waals surface area (Å²) in [4.78, 5) is 11.8. The molecule has 1 aromatic carbocycles. The van der Waals surface area contributed by atoms with Gasteiger partial charge < -0.3 is 5.32 Å². The molecule has 0 fully saturated rings. The van der Waals surface area contributed by atoms with Gasteiger partial charge in [-0.1, -0.05) is 24.3 Å². The number of halogens is 2. The van der Waals surface area contributed by atoms with E-state index in [0.717, 1.165) is 12.8 Å². The summed E-state index contributed by atoms with van der Waals surface area (Å²) in [6.45, 7) is 0. The van der Waals surface area contributed by atoms with E-state index in [1.807, 2.05) is 6.07 Å². The van der Waals surface area contributed by atoms with Gasteiger partial charge in [-0.2, -0.15) is 15.0 Å². The second kappa shape index (κ2) is 4.71. The van der Waals surface area contributed by atoms with E-state index in [9.17, 15) is 0 Å². The molecule has 0 saturated carbocycles. The van der Waals surface area contributed by atoms with Gasteiger partial charge in [0.1, 0.15) is 0 Å². The van der Waals surface area contributed by atoms with E-state index >= 15 is 0 Å². The monoisotopic (exact) mass is 280 g/mol. The van der Waals surface area contributed by atoms with E-state index in [1.54, 1.807) is 0 Å².